The van der Waals surface area contributed by atoms with E-state index in [1.807, 2.05) is 0 Å². The summed E-state index contributed by atoms with van der Waals surface area (Å²) in [5, 5.41) is 0. The van der Waals surface area contributed by atoms with Crippen LogP contribution in [0, 0.1) is 0 Å². The molecule has 2 aliphatic heterocycles. The van der Waals surface area contributed by atoms with Gasteiger partial charge >= 0.3 is 95.3 Å². The van der Waals surface area contributed by atoms with Crippen molar-refractivity contribution in [2.75, 3.05) is 13.7 Å². The van der Waals surface area contributed by atoms with E-state index in [1.54, 1.807) is 7.11 Å². The van der Waals surface area contributed by atoms with Crippen LogP contribution in [0.15, 0.2) is 0 Å². The molecular weight excluding hydrogens is 259 g/mol. The number of ether oxygens (including phenoxy) is 2. The van der Waals surface area contributed by atoms with Crippen molar-refractivity contribution in [1.29, 1.82) is 0 Å². The van der Waals surface area contributed by atoms with Crippen LogP contribution in [0.1, 0.15) is 33.6 Å². The molecule has 2 heterocycles. The molecule has 2 bridgehead atoms. The molecule has 88 valence electrons. The van der Waals surface area contributed by atoms with E-state index in [4.69, 9.17) is 9.47 Å². The Morgan fingerprint density at radius 2 is 2.13 bits per heavy atom. The maximum atomic E-state index is 12.6. The van der Waals surface area contributed by atoms with Crippen molar-refractivity contribution < 1.29 is 13.3 Å². The monoisotopic (exact) mass is 280 g/mol. The molecule has 15 heavy (non-hydrogen) atoms. The predicted octanol–water partition coefficient (Wildman–Crippen LogP) is 2.16. The standard InChI is InChI=1S/C11H20O3Se/c1-10(2)8-5-6-11(3,14-8)9(7-13-4)15(10)12/h8-9H,5-7H2,1-4H3/t8-,9-,11+,15?/m1/s1. The molecule has 2 aliphatic rings. The Balaban J connectivity index is 2.32. The first kappa shape index (κ1) is 11.7. The maximum absolute atomic E-state index is 12.6. The van der Waals surface area contributed by atoms with Crippen LogP contribution < -0.4 is 0 Å². The Kier molecular flexibility index (Phi) is 2.83. The molecule has 3 nitrogen and oxygen atoms in total. The first-order chi connectivity index (χ1) is 6.92. The van der Waals surface area contributed by atoms with Crippen LogP contribution >= 0.6 is 0 Å². The van der Waals surface area contributed by atoms with Crippen LogP contribution in [0.2, 0.25) is 9.13 Å². The van der Waals surface area contributed by atoms with E-state index in [0.29, 0.717) is 6.61 Å². The zero-order chi connectivity index (χ0) is 11.3. The second-order valence-electron chi connectivity index (χ2n) is 5.30. The third kappa shape index (κ3) is 1.62. The molecule has 0 amide bonds. The molecule has 0 radical (unpaired) electrons. The SMILES string of the molecule is COC[C@H]1[Se](=O)C(C)(C)[C@H]2CC[C@]1(C)O2. The normalized spacial score (nSPS) is 48.1. The molecule has 2 fully saturated rings. The van der Waals surface area contributed by atoms with Crippen LogP contribution in [-0.4, -0.2) is 39.3 Å². The second kappa shape index (κ2) is 3.63. The van der Waals surface area contributed by atoms with Crippen molar-refractivity contribution in [3.8, 4) is 0 Å². The molecule has 4 atom stereocenters. The summed E-state index contributed by atoms with van der Waals surface area (Å²) in [6.45, 7) is 6.84. The molecule has 0 aromatic carbocycles. The van der Waals surface area contributed by atoms with Gasteiger partial charge in [-0.05, 0) is 0 Å². The minimum absolute atomic E-state index is 0.108. The number of fused-ring (bicyclic) bond motifs is 2. The molecule has 0 aliphatic carbocycles. The van der Waals surface area contributed by atoms with Gasteiger partial charge in [0.2, 0.25) is 0 Å². The Hall–Kier alpha value is 0.239. The molecule has 2 rings (SSSR count). The van der Waals surface area contributed by atoms with E-state index in [1.165, 1.54) is 0 Å². The average molecular weight is 279 g/mol. The van der Waals surface area contributed by atoms with Gasteiger partial charge < -0.3 is 0 Å². The van der Waals surface area contributed by atoms with Crippen molar-refractivity contribution in [2.24, 2.45) is 0 Å². The summed E-state index contributed by atoms with van der Waals surface area (Å²) >= 11 is -1.91. The van der Waals surface area contributed by atoms with Crippen LogP contribution in [0.4, 0.5) is 0 Å². The number of methoxy groups -OCH3 is 1. The van der Waals surface area contributed by atoms with E-state index < -0.39 is 13.8 Å². The zero-order valence-corrected chi connectivity index (χ0v) is 11.6. The number of hydrogen-bond donors (Lipinski definition) is 0. The molecule has 0 spiro atoms. The van der Waals surface area contributed by atoms with Crippen LogP contribution in [0.3, 0.4) is 0 Å². The molecule has 2 saturated heterocycles. The van der Waals surface area contributed by atoms with E-state index in [2.05, 4.69) is 20.8 Å². The summed E-state index contributed by atoms with van der Waals surface area (Å²) < 4.78 is 23.7. The molecule has 0 saturated carbocycles. The summed E-state index contributed by atoms with van der Waals surface area (Å²) in [7, 11) is 1.68. The Bertz CT molecular complexity index is 290. The Labute approximate surface area is 95.6 Å². The summed E-state index contributed by atoms with van der Waals surface area (Å²) in [5.41, 5.74) is -0.192. The third-order valence-electron chi connectivity index (χ3n) is 3.87. The summed E-state index contributed by atoms with van der Waals surface area (Å²) in [5.74, 6) is 0. The Morgan fingerprint density at radius 3 is 2.73 bits per heavy atom. The van der Waals surface area contributed by atoms with E-state index in [-0.39, 0.29) is 20.8 Å². The van der Waals surface area contributed by atoms with Gasteiger partial charge in [0.25, 0.3) is 0 Å². The Morgan fingerprint density at radius 1 is 1.47 bits per heavy atom. The topological polar surface area (TPSA) is 35.5 Å². The van der Waals surface area contributed by atoms with Gasteiger partial charge in [-0.15, -0.1) is 0 Å². The summed E-state index contributed by atoms with van der Waals surface area (Å²) in [6.07, 6.45) is 2.27. The molecular formula is C11H20O3Se. The van der Waals surface area contributed by atoms with Gasteiger partial charge in [0.05, 0.1) is 0 Å². The van der Waals surface area contributed by atoms with Crippen LogP contribution in [0.25, 0.3) is 0 Å². The number of hydrogen-bond acceptors (Lipinski definition) is 3. The average Bonchev–Trinajstić information content (AvgIpc) is 2.54. The van der Waals surface area contributed by atoms with E-state index in [0.717, 1.165) is 12.8 Å². The molecule has 1 unspecified atom stereocenters. The van der Waals surface area contributed by atoms with Gasteiger partial charge in [0, 0.05) is 0 Å². The number of rotatable bonds is 2. The molecule has 0 N–H and O–H groups in total. The second-order valence-corrected chi connectivity index (χ2v) is 9.95. The summed E-state index contributed by atoms with van der Waals surface area (Å²) in [6, 6.07) is 0. The van der Waals surface area contributed by atoms with Gasteiger partial charge in [-0.3, -0.25) is 0 Å². The molecule has 4 heteroatoms. The van der Waals surface area contributed by atoms with E-state index in [9.17, 15) is 3.83 Å². The predicted molar refractivity (Wildman–Crippen MR) is 58.6 cm³/mol. The third-order valence-corrected chi connectivity index (χ3v) is 9.01. The fraction of sp³-hybridized carbons (Fsp3) is 1.00. The van der Waals surface area contributed by atoms with Crippen molar-refractivity contribution in [3.63, 3.8) is 0 Å². The first-order valence-electron chi connectivity index (χ1n) is 5.49. The van der Waals surface area contributed by atoms with Crippen molar-refractivity contribution in [3.05, 3.63) is 0 Å². The quantitative estimate of drug-likeness (QED) is 0.727. The van der Waals surface area contributed by atoms with Crippen molar-refractivity contribution in [2.45, 2.75) is 54.4 Å². The molecule has 0 aromatic rings. The van der Waals surface area contributed by atoms with Crippen LogP contribution in [-0.2, 0) is 13.3 Å². The van der Waals surface area contributed by atoms with Gasteiger partial charge in [-0.25, -0.2) is 0 Å². The van der Waals surface area contributed by atoms with Crippen molar-refractivity contribution >= 4 is 13.8 Å². The fourth-order valence-electron chi connectivity index (χ4n) is 2.70. The summed E-state index contributed by atoms with van der Waals surface area (Å²) in [4.78, 5) is 0.108. The van der Waals surface area contributed by atoms with Gasteiger partial charge in [0.15, 0.2) is 0 Å². The molecule has 0 aromatic heterocycles. The zero-order valence-electron chi connectivity index (χ0n) is 9.91. The van der Waals surface area contributed by atoms with Gasteiger partial charge in [0.1, 0.15) is 0 Å². The first-order valence-corrected chi connectivity index (χ1v) is 8.04. The van der Waals surface area contributed by atoms with Crippen molar-refractivity contribution in [1.82, 2.24) is 0 Å². The van der Waals surface area contributed by atoms with Crippen LogP contribution in [0.5, 0.6) is 0 Å². The minimum atomic E-state index is -1.91. The van der Waals surface area contributed by atoms with E-state index >= 15 is 0 Å². The fourth-order valence-corrected chi connectivity index (χ4v) is 6.99. The van der Waals surface area contributed by atoms with Gasteiger partial charge in [-0.1, -0.05) is 0 Å². The van der Waals surface area contributed by atoms with Gasteiger partial charge in [-0.2, -0.15) is 0 Å².